The van der Waals surface area contributed by atoms with Crippen LogP contribution >= 0.6 is 0 Å². The Morgan fingerprint density at radius 1 is 1.04 bits per heavy atom. The fraction of sp³-hybridized carbons (Fsp3) is 0.263. The average molecular weight is 388 g/mol. The fourth-order valence-corrected chi connectivity index (χ4v) is 3.67. The summed E-state index contributed by atoms with van der Waals surface area (Å²) in [5, 5.41) is 0.00856. The summed E-state index contributed by atoms with van der Waals surface area (Å²) in [5.74, 6) is 1.23. The zero-order chi connectivity index (χ0) is 19.3. The van der Waals surface area contributed by atoms with Crippen molar-refractivity contribution < 1.29 is 22.3 Å². The molecular weight excluding hydrogens is 368 g/mol. The van der Waals surface area contributed by atoms with E-state index in [4.69, 9.17) is 13.9 Å². The molecule has 0 aliphatic rings. The molecule has 0 unspecified atom stereocenters. The molecule has 7 nitrogen and oxygen atoms in total. The van der Waals surface area contributed by atoms with Crippen LogP contribution in [0.1, 0.15) is 19.5 Å². The SMILES string of the molecule is CCOc1ccc(-c2nc(CS(=O)(=O)c3ccccn3)co2)cc1OCC. The Morgan fingerprint density at radius 2 is 1.81 bits per heavy atom. The van der Waals surface area contributed by atoms with Gasteiger partial charge in [0.05, 0.1) is 18.9 Å². The van der Waals surface area contributed by atoms with E-state index >= 15 is 0 Å². The van der Waals surface area contributed by atoms with E-state index in [9.17, 15) is 8.42 Å². The summed E-state index contributed by atoms with van der Waals surface area (Å²) in [6.45, 7) is 4.79. The minimum atomic E-state index is -3.59. The summed E-state index contributed by atoms with van der Waals surface area (Å²) in [6.07, 6.45) is 2.78. The number of ether oxygens (including phenoxy) is 2. The van der Waals surface area contributed by atoms with Crippen LogP contribution < -0.4 is 9.47 Å². The van der Waals surface area contributed by atoms with E-state index in [0.29, 0.717) is 41.9 Å². The van der Waals surface area contributed by atoms with Crippen molar-refractivity contribution in [2.24, 2.45) is 0 Å². The highest BCUT2D eigenvalue weighted by Crippen LogP contribution is 2.32. The van der Waals surface area contributed by atoms with Crippen molar-refractivity contribution in [2.75, 3.05) is 13.2 Å². The average Bonchev–Trinajstić information content (AvgIpc) is 3.12. The number of hydrogen-bond donors (Lipinski definition) is 0. The number of aromatic nitrogens is 2. The Bertz CT molecular complexity index is 1000. The van der Waals surface area contributed by atoms with Gasteiger partial charge in [-0.15, -0.1) is 0 Å². The maximum atomic E-state index is 12.4. The molecule has 1 aromatic carbocycles. The highest BCUT2D eigenvalue weighted by molar-refractivity contribution is 7.90. The van der Waals surface area contributed by atoms with Gasteiger partial charge < -0.3 is 13.9 Å². The highest BCUT2D eigenvalue weighted by atomic mass is 32.2. The zero-order valence-electron chi connectivity index (χ0n) is 15.1. The molecule has 0 N–H and O–H groups in total. The lowest BCUT2D eigenvalue weighted by molar-refractivity contribution is 0.288. The van der Waals surface area contributed by atoms with Gasteiger partial charge >= 0.3 is 0 Å². The molecule has 2 aromatic heterocycles. The molecule has 0 aliphatic carbocycles. The second-order valence-electron chi connectivity index (χ2n) is 5.60. The molecule has 0 saturated carbocycles. The van der Waals surface area contributed by atoms with Crippen LogP contribution in [0.2, 0.25) is 0 Å². The molecule has 3 rings (SSSR count). The van der Waals surface area contributed by atoms with Crippen molar-refractivity contribution in [3.05, 3.63) is 54.6 Å². The molecule has 0 fully saturated rings. The van der Waals surface area contributed by atoms with E-state index in [1.165, 1.54) is 18.5 Å². The van der Waals surface area contributed by atoms with Crippen molar-refractivity contribution in [2.45, 2.75) is 24.6 Å². The third-order valence-corrected chi connectivity index (χ3v) is 5.19. The van der Waals surface area contributed by atoms with E-state index in [1.54, 1.807) is 30.3 Å². The van der Waals surface area contributed by atoms with Crippen molar-refractivity contribution >= 4 is 9.84 Å². The third-order valence-electron chi connectivity index (χ3n) is 3.64. The first-order valence-electron chi connectivity index (χ1n) is 8.51. The van der Waals surface area contributed by atoms with Gasteiger partial charge in [-0.2, -0.15) is 0 Å². The van der Waals surface area contributed by atoms with Gasteiger partial charge in [0, 0.05) is 11.8 Å². The van der Waals surface area contributed by atoms with Crippen LogP contribution in [0.4, 0.5) is 0 Å². The van der Waals surface area contributed by atoms with E-state index in [0.717, 1.165) is 0 Å². The quantitative estimate of drug-likeness (QED) is 0.583. The maximum absolute atomic E-state index is 12.4. The van der Waals surface area contributed by atoms with Gasteiger partial charge in [-0.3, -0.25) is 0 Å². The van der Waals surface area contributed by atoms with Crippen LogP contribution in [-0.4, -0.2) is 31.6 Å². The number of nitrogens with zero attached hydrogens (tertiary/aromatic N) is 2. The largest absolute Gasteiger partial charge is 0.490 e. The summed E-state index contributed by atoms with van der Waals surface area (Å²) in [7, 11) is -3.59. The Kier molecular flexibility index (Phi) is 5.75. The van der Waals surface area contributed by atoms with E-state index in [-0.39, 0.29) is 10.8 Å². The van der Waals surface area contributed by atoms with E-state index in [2.05, 4.69) is 9.97 Å². The summed E-state index contributed by atoms with van der Waals surface area (Å²) in [5.41, 5.74) is 0.978. The molecule has 0 amide bonds. The molecular formula is C19H20N2O5S. The number of hydrogen-bond acceptors (Lipinski definition) is 7. The van der Waals surface area contributed by atoms with Crippen molar-refractivity contribution in [1.29, 1.82) is 0 Å². The second kappa shape index (κ2) is 8.22. The van der Waals surface area contributed by atoms with Crippen molar-refractivity contribution in [3.63, 3.8) is 0 Å². The predicted octanol–water partition coefficient (Wildman–Crippen LogP) is 3.51. The molecule has 0 atom stereocenters. The fourth-order valence-electron chi connectivity index (χ4n) is 2.49. The van der Waals surface area contributed by atoms with Crippen LogP contribution in [0, 0.1) is 0 Å². The first kappa shape index (κ1) is 18.9. The molecule has 0 aliphatic heterocycles. The maximum Gasteiger partial charge on any atom is 0.226 e. The summed E-state index contributed by atoms with van der Waals surface area (Å²) < 4.78 is 41.5. The number of pyridine rings is 1. The Balaban J connectivity index is 1.84. The monoisotopic (exact) mass is 388 g/mol. The van der Waals surface area contributed by atoms with Crippen LogP contribution in [0.25, 0.3) is 11.5 Å². The van der Waals surface area contributed by atoms with E-state index in [1.807, 2.05) is 13.8 Å². The zero-order valence-corrected chi connectivity index (χ0v) is 15.9. The van der Waals surface area contributed by atoms with Crippen LogP contribution in [-0.2, 0) is 15.6 Å². The minimum absolute atomic E-state index is 0.00856. The lowest BCUT2D eigenvalue weighted by atomic mass is 10.2. The lowest BCUT2D eigenvalue weighted by Crippen LogP contribution is -2.07. The normalized spacial score (nSPS) is 11.3. The predicted molar refractivity (Wildman–Crippen MR) is 99.4 cm³/mol. The van der Waals surface area contributed by atoms with Gasteiger partial charge in [-0.25, -0.2) is 18.4 Å². The number of oxazole rings is 1. The topological polar surface area (TPSA) is 91.5 Å². The van der Waals surface area contributed by atoms with Crippen molar-refractivity contribution in [3.8, 4) is 23.0 Å². The second-order valence-corrected chi connectivity index (χ2v) is 7.54. The Labute approximate surface area is 157 Å². The van der Waals surface area contributed by atoms with Gasteiger partial charge in [0.2, 0.25) is 15.7 Å². The molecule has 27 heavy (non-hydrogen) atoms. The molecule has 2 heterocycles. The third kappa shape index (κ3) is 4.46. The minimum Gasteiger partial charge on any atom is -0.490 e. The smallest absolute Gasteiger partial charge is 0.226 e. The highest BCUT2D eigenvalue weighted by Gasteiger charge is 2.20. The lowest BCUT2D eigenvalue weighted by Gasteiger charge is -2.11. The van der Waals surface area contributed by atoms with Gasteiger partial charge in [-0.1, -0.05) is 6.07 Å². The first-order valence-corrected chi connectivity index (χ1v) is 10.2. The Morgan fingerprint density at radius 3 is 2.52 bits per heavy atom. The molecule has 3 aromatic rings. The van der Waals surface area contributed by atoms with Gasteiger partial charge in [-0.05, 0) is 44.2 Å². The molecule has 0 bridgehead atoms. The van der Waals surface area contributed by atoms with Crippen molar-refractivity contribution in [1.82, 2.24) is 9.97 Å². The number of sulfone groups is 1. The molecule has 0 radical (unpaired) electrons. The summed E-state index contributed by atoms with van der Waals surface area (Å²) >= 11 is 0. The van der Waals surface area contributed by atoms with Gasteiger partial charge in [0.15, 0.2) is 16.5 Å². The Hall–Kier alpha value is -2.87. The molecule has 0 spiro atoms. The first-order chi connectivity index (χ1) is 13.0. The number of rotatable bonds is 8. The summed E-state index contributed by atoms with van der Waals surface area (Å²) in [4.78, 5) is 8.19. The van der Waals surface area contributed by atoms with Gasteiger partial charge in [0.25, 0.3) is 0 Å². The molecule has 8 heteroatoms. The summed E-state index contributed by atoms with van der Waals surface area (Å²) in [6, 6.07) is 10.1. The molecule has 142 valence electrons. The molecule has 0 saturated heterocycles. The van der Waals surface area contributed by atoms with Crippen LogP contribution in [0.15, 0.2) is 58.3 Å². The van der Waals surface area contributed by atoms with Crippen LogP contribution in [0.5, 0.6) is 11.5 Å². The standard InChI is InChI=1S/C19H20N2O5S/c1-3-24-16-9-8-14(11-17(16)25-4-2)19-21-15(12-26-19)13-27(22,23)18-7-5-6-10-20-18/h5-12H,3-4,13H2,1-2H3. The van der Waals surface area contributed by atoms with E-state index < -0.39 is 9.84 Å². The van der Waals surface area contributed by atoms with Gasteiger partial charge in [0.1, 0.15) is 12.0 Å². The number of benzene rings is 1. The van der Waals surface area contributed by atoms with Crippen LogP contribution in [0.3, 0.4) is 0 Å².